The normalized spacial score (nSPS) is 27.4. The van der Waals surface area contributed by atoms with Crippen molar-refractivity contribution < 1.29 is 13.9 Å². The number of hydrazone groups is 1. The number of nitrogens with one attached hydrogen (secondary N) is 1. The number of esters is 1. The zero-order valence-electron chi connectivity index (χ0n) is 14.3. The van der Waals surface area contributed by atoms with E-state index in [0.29, 0.717) is 0 Å². The molecule has 0 spiro atoms. The molecule has 1 N–H and O–H groups in total. The van der Waals surface area contributed by atoms with E-state index in [9.17, 15) is 4.79 Å². The van der Waals surface area contributed by atoms with Gasteiger partial charge in [0.25, 0.3) is 0 Å². The van der Waals surface area contributed by atoms with Crippen molar-refractivity contribution in [2.75, 3.05) is 5.43 Å². The molecule has 1 aliphatic carbocycles. The number of carbonyl (C=O) groups is 1. The van der Waals surface area contributed by atoms with Crippen molar-refractivity contribution in [3.63, 3.8) is 0 Å². The summed E-state index contributed by atoms with van der Waals surface area (Å²) in [7, 11) is 0. The fraction of sp³-hybridized carbons (Fsp3) is 0.300. The number of benzene rings is 1. The van der Waals surface area contributed by atoms with Gasteiger partial charge in [-0.3, -0.25) is 5.43 Å². The highest BCUT2D eigenvalue weighted by Gasteiger charge is 2.53. The van der Waals surface area contributed by atoms with Gasteiger partial charge in [0, 0.05) is 11.0 Å². The van der Waals surface area contributed by atoms with Crippen molar-refractivity contribution >= 4 is 17.4 Å². The Hall–Kier alpha value is -2.82. The smallest absolute Gasteiger partial charge is 0.335 e. The van der Waals surface area contributed by atoms with E-state index in [0.717, 1.165) is 41.0 Å². The minimum absolute atomic E-state index is 0.252. The molecule has 0 saturated carbocycles. The molecule has 25 heavy (non-hydrogen) atoms. The average Bonchev–Trinajstić information content (AvgIpc) is 3.22. The average molecular weight is 336 g/mol. The molecule has 1 saturated heterocycles. The Kier molecular flexibility index (Phi) is 3.71. The van der Waals surface area contributed by atoms with E-state index in [2.05, 4.69) is 17.5 Å². The number of furan rings is 1. The highest BCUT2D eigenvalue weighted by Crippen LogP contribution is 2.55. The van der Waals surface area contributed by atoms with Crippen molar-refractivity contribution in [3.8, 4) is 0 Å². The predicted octanol–water partition coefficient (Wildman–Crippen LogP) is 4.46. The van der Waals surface area contributed by atoms with E-state index < -0.39 is 0 Å². The molecule has 5 heteroatoms. The summed E-state index contributed by atoms with van der Waals surface area (Å²) in [5, 5.41) is 4.53. The Bertz CT molecular complexity index is 852. The first-order chi connectivity index (χ1) is 12.1. The number of carbonyl (C=O) groups excluding carboxylic acids is 1. The summed E-state index contributed by atoms with van der Waals surface area (Å²) in [6.07, 6.45) is 4.56. The fourth-order valence-electron chi connectivity index (χ4n) is 3.85. The van der Waals surface area contributed by atoms with Crippen LogP contribution in [-0.2, 0) is 9.53 Å². The molecule has 1 aromatic heterocycles. The Morgan fingerprint density at radius 2 is 2.04 bits per heavy atom. The standard InChI is InChI=1S/C20H20N2O3/c1-13-16(22-21-15-6-4-3-5-7-15)8-10-20(2)17(13)19(23)25-18(20)14-9-11-24-12-14/h3-7,9,11-12,18,21H,8,10H2,1-2H3/b22-16+/t18-,20+/m0/s1. The van der Waals surface area contributed by atoms with Crippen molar-refractivity contribution in [2.45, 2.75) is 32.8 Å². The van der Waals surface area contributed by atoms with Crippen LogP contribution < -0.4 is 5.43 Å². The highest BCUT2D eigenvalue weighted by atomic mass is 16.6. The number of ether oxygens (including phenoxy) is 1. The lowest BCUT2D eigenvalue weighted by atomic mass is 9.68. The van der Waals surface area contributed by atoms with Crippen LogP contribution in [0.5, 0.6) is 0 Å². The number of hydrogen-bond donors (Lipinski definition) is 1. The van der Waals surface area contributed by atoms with E-state index in [4.69, 9.17) is 9.15 Å². The van der Waals surface area contributed by atoms with Gasteiger partial charge in [0.2, 0.25) is 0 Å². The molecule has 2 aromatic rings. The molecule has 5 nitrogen and oxygen atoms in total. The molecule has 0 bridgehead atoms. The van der Waals surface area contributed by atoms with Gasteiger partial charge in [0.15, 0.2) is 0 Å². The molecule has 0 unspecified atom stereocenters. The van der Waals surface area contributed by atoms with Crippen LogP contribution in [0.2, 0.25) is 0 Å². The quantitative estimate of drug-likeness (QED) is 0.664. The van der Waals surface area contributed by atoms with Crippen molar-refractivity contribution in [1.29, 1.82) is 0 Å². The lowest BCUT2D eigenvalue weighted by Crippen LogP contribution is -2.30. The van der Waals surface area contributed by atoms with E-state index in [1.54, 1.807) is 12.5 Å². The van der Waals surface area contributed by atoms with Gasteiger partial charge in [-0.25, -0.2) is 4.79 Å². The first-order valence-corrected chi connectivity index (χ1v) is 8.42. The second-order valence-electron chi connectivity index (χ2n) is 6.80. The third kappa shape index (κ3) is 2.56. The molecule has 2 heterocycles. The van der Waals surface area contributed by atoms with E-state index in [1.807, 2.05) is 43.3 Å². The van der Waals surface area contributed by atoms with Gasteiger partial charge in [0.05, 0.1) is 29.5 Å². The van der Waals surface area contributed by atoms with Crippen LogP contribution in [0.25, 0.3) is 0 Å². The summed E-state index contributed by atoms with van der Waals surface area (Å²) in [6.45, 7) is 4.05. The summed E-state index contributed by atoms with van der Waals surface area (Å²) in [5.74, 6) is -0.252. The van der Waals surface area contributed by atoms with Gasteiger partial charge in [-0.05, 0) is 43.5 Å². The fourth-order valence-corrected chi connectivity index (χ4v) is 3.85. The van der Waals surface area contributed by atoms with Gasteiger partial charge < -0.3 is 9.15 Å². The Morgan fingerprint density at radius 3 is 2.76 bits per heavy atom. The SMILES string of the molecule is CC1=C2C(=O)O[C@@H](c3ccoc3)[C@]2(C)CC/C1=N\Nc1ccccc1. The second kappa shape index (κ2) is 5.92. The zero-order valence-corrected chi connectivity index (χ0v) is 14.3. The number of cyclic esters (lactones) is 1. The molecule has 1 aliphatic heterocycles. The minimum Gasteiger partial charge on any atom is -0.472 e. The third-order valence-corrected chi connectivity index (χ3v) is 5.21. The zero-order chi connectivity index (χ0) is 17.4. The van der Waals surface area contributed by atoms with Gasteiger partial charge in [-0.1, -0.05) is 25.1 Å². The number of anilines is 1. The van der Waals surface area contributed by atoms with E-state index in [-0.39, 0.29) is 17.5 Å². The number of fused-ring (bicyclic) bond motifs is 1. The number of nitrogens with zero attached hydrogens (tertiary/aromatic N) is 1. The third-order valence-electron chi connectivity index (χ3n) is 5.21. The number of rotatable bonds is 3. The van der Waals surface area contributed by atoms with Crippen molar-refractivity contribution in [1.82, 2.24) is 0 Å². The Labute approximate surface area is 146 Å². The Morgan fingerprint density at radius 1 is 1.24 bits per heavy atom. The Balaban J connectivity index is 1.67. The summed E-state index contributed by atoms with van der Waals surface area (Å²) >= 11 is 0. The maximum Gasteiger partial charge on any atom is 0.335 e. The maximum atomic E-state index is 12.6. The van der Waals surface area contributed by atoms with Gasteiger partial charge in [-0.2, -0.15) is 5.10 Å². The predicted molar refractivity (Wildman–Crippen MR) is 95.1 cm³/mol. The van der Waals surface area contributed by atoms with Gasteiger partial charge in [0.1, 0.15) is 6.10 Å². The van der Waals surface area contributed by atoms with Crippen LogP contribution in [0, 0.1) is 5.41 Å². The van der Waals surface area contributed by atoms with Crippen LogP contribution in [0.3, 0.4) is 0 Å². The largest absolute Gasteiger partial charge is 0.472 e. The van der Waals surface area contributed by atoms with Crippen molar-refractivity contribution in [2.24, 2.45) is 10.5 Å². The monoisotopic (exact) mass is 336 g/mol. The summed E-state index contributed by atoms with van der Waals surface area (Å²) in [5.41, 5.74) is 7.10. The van der Waals surface area contributed by atoms with Gasteiger partial charge >= 0.3 is 5.97 Å². The summed E-state index contributed by atoms with van der Waals surface area (Å²) in [6, 6.07) is 11.6. The summed E-state index contributed by atoms with van der Waals surface area (Å²) < 4.78 is 10.9. The minimum atomic E-state index is -0.350. The molecular formula is C20H20N2O3. The van der Waals surface area contributed by atoms with E-state index in [1.165, 1.54) is 0 Å². The topological polar surface area (TPSA) is 63.8 Å². The molecule has 128 valence electrons. The van der Waals surface area contributed by atoms with Crippen LogP contribution in [-0.4, -0.2) is 11.7 Å². The van der Waals surface area contributed by atoms with Crippen molar-refractivity contribution in [3.05, 3.63) is 65.6 Å². The molecule has 4 rings (SSSR count). The molecular weight excluding hydrogens is 316 g/mol. The highest BCUT2D eigenvalue weighted by molar-refractivity contribution is 6.09. The van der Waals surface area contributed by atoms with Crippen LogP contribution in [0.4, 0.5) is 5.69 Å². The lowest BCUT2D eigenvalue weighted by molar-refractivity contribution is -0.140. The second-order valence-corrected chi connectivity index (χ2v) is 6.80. The molecule has 1 aromatic carbocycles. The molecule has 0 radical (unpaired) electrons. The summed E-state index contributed by atoms with van der Waals surface area (Å²) in [4.78, 5) is 12.6. The number of allylic oxidation sites excluding steroid dienone is 1. The lowest BCUT2D eigenvalue weighted by Gasteiger charge is -2.33. The number of para-hydroxylation sites is 1. The molecule has 2 aliphatic rings. The van der Waals surface area contributed by atoms with Gasteiger partial charge in [-0.15, -0.1) is 0 Å². The molecule has 1 fully saturated rings. The first-order valence-electron chi connectivity index (χ1n) is 8.42. The molecule has 2 atom stereocenters. The maximum absolute atomic E-state index is 12.6. The first kappa shape index (κ1) is 15.7. The van der Waals surface area contributed by atoms with Crippen LogP contribution >= 0.6 is 0 Å². The van der Waals surface area contributed by atoms with Crippen LogP contribution in [0.1, 0.15) is 38.4 Å². The molecule has 0 amide bonds. The van der Waals surface area contributed by atoms with E-state index >= 15 is 0 Å². The van der Waals surface area contributed by atoms with Crippen LogP contribution in [0.15, 0.2) is 69.6 Å². The number of hydrogen-bond acceptors (Lipinski definition) is 5.